The van der Waals surface area contributed by atoms with Crippen LogP contribution in [-0.2, 0) is 0 Å². The fraction of sp³-hybridized carbons (Fsp3) is 0.0204. The van der Waals surface area contributed by atoms with Crippen LogP contribution >= 0.6 is 0 Å². The minimum atomic E-state index is 0.955. The molecule has 2 heterocycles. The average molecular weight is 651 g/mol. The van der Waals surface area contributed by atoms with Gasteiger partial charge >= 0.3 is 0 Å². The topological polar surface area (TPSA) is 9.86 Å². The van der Waals surface area contributed by atoms with Gasteiger partial charge in [0.1, 0.15) is 0 Å². The van der Waals surface area contributed by atoms with Crippen LogP contribution in [0.1, 0.15) is 12.5 Å². The Morgan fingerprint density at radius 1 is 0.490 bits per heavy atom. The molecule has 9 rings (SSSR count). The molecule has 2 nitrogen and oxygen atoms in total. The molecule has 0 atom stereocenters. The highest BCUT2D eigenvalue weighted by Crippen LogP contribution is 2.37. The van der Waals surface area contributed by atoms with Gasteiger partial charge in [-0.05, 0) is 88.9 Å². The van der Waals surface area contributed by atoms with E-state index in [0.717, 1.165) is 33.6 Å². The second-order valence-electron chi connectivity index (χ2n) is 13.0. The molecule has 0 spiro atoms. The van der Waals surface area contributed by atoms with Crippen molar-refractivity contribution in [3.05, 3.63) is 188 Å². The van der Waals surface area contributed by atoms with Gasteiger partial charge in [-0.15, -0.1) is 6.42 Å². The highest BCUT2D eigenvalue weighted by Gasteiger charge is 2.15. The largest absolute Gasteiger partial charge is 0.309 e. The van der Waals surface area contributed by atoms with E-state index >= 15 is 0 Å². The summed E-state index contributed by atoms with van der Waals surface area (Å²) in [5.74, 6) is 2.82. The third-order valence-corrected chi connectivity index (χ3v) is 10.0. The van der Waals surface area contributed by atoms with Crippen LogP contribution in [0.25, 0.3) is 82.8 Å². The van der Waals surface area contributed by atoms with Crippen molar-refractivity contribution < 1.29 is 0 Å². The van der Waals surface area contributed by atoms with Gasteiger partial charge < -0.3 is 9.13 Å². The Balaban J connectivity index is 1.10. The van der Waals surface area contributed by atoms with E-state index in [2.05, 4.69) is 192 Å². The molecule has 0 N–H and O–H groups in total. The molecular formula is C49H34N2. The Bertz CT molecular complexity index is 2780. The van der Waals surface area contributed by atoms with Crippen LogP contribution in [-0.4, -0.2) is 9.13 Å². The van der Waals surface area contributed by atoms with Crippen molar-refractivity contribution in [2.45, 2.75) is 6.92 Å². The lowest BCUT2D eigenvalue weighted by Gasteiger charge is -2.12. The molecule has 0 saturated carbocycles. The number of benzene rings is 7. The Morgan fingerprint density at radius 2 is 0.980 bits per heavy atom. The van der Waals surface area contributed by atoms with Crippen molar-refractivity contribution in [1.29, 1.82) is 0 Å². The molecule has 0 amide bonds. The smallest absolute Gasteiger partial charge is 0.0548 e. The van der Waals surface area contributed by atoms with E-state index < -0.39 is 0 Å². The minimum absolute atomic E-state index is 0.955. The van der Waals surface area contributed by atoms with Crippen LogP contribution < -0.4 is 0 Å². The summed E-state index contributed by atoms with van der Waals surface area (Å²) in [4.78, 5) is 0. The van der Waals surface area contributed by atoms with Gasteiger partial charge in [-0.3, -0.25) is 0 Å². The summed E-state index contributed by atoms with van der Waals surface area (Å²) in [6.45, 7) is 2.15. The first kappa shape index (κ1) is 30.3. The highest BCUT2D eigenvalue weighted by molar-refractivity contribution is 6.12. The van der Waals surface area contributed by atoms with Crippen molar-refractivity contribution >= 4 is 54.9 Å². The second kappa shape index (κ2) is 12.6. The van der Waals surface area contributed by atoms with Crippen LogP contribution in [0.5, 0.6) is 0 Å². The summed E-state index contributed by atoms with van der Waals surface area (Å²) >= 11 is 0. The predicted molar refractivity (Wildman–Crippen MR) is 218 cm³/mol. The zero-order valence-corrected chi connectivity index (χ0v) is 28.3. The zero-order chi connectivity index (χ0) is 34.3. The SMILES string of the molecule is C#C/C=C(\C=C(/C)c1ccc(-c2ccccc2)cc1)n1c2ccccc2c2cc(-c3ccc(-n4c5ccccc5c5ccccc54)cc3)ccc21. The number of fused-ring (bicyclic) bond motifs is 6. The quantitative estimate of drug-likeness (QED) is 0.125. The van der Waals surface area contributed by atoms with E-state index in [4.69, 9.17) is 6.42 Å². The Labute approximate surface area is 297 Å². The lowest BCUT2D eigenvalue weighted by Crippen LogP contribution is -1.96. The third kappa shape index (κ3) is 5.24. The summed E-state index contributed by atoms with van der Waals surface area (Å²) < 4.78 is 4.65. The van der Waals surface area contributed by atoms with Crippen molar-refractivity contribution in [1.82, 2.24) is 9.13 Å². The lowest BCUT2D eigenvalue weighted by atomic mass is 10.0. The first-order chi connectivity index (χ1) is 25.2. The molecule has 0 bridgehead atoms. The fourth-order valence-corrected chi connectivity index (χ4v) is 7.55. The number of allylic oxidation sites excluding steroid dienone is 4. The Morgan fingerprint density at radius 3 is 1.63 bits per heavy atom. The summed E-state index contributed by atoms with van der Waals surface area (Å²) in [6.07, 6.45) is 10.0. The van der Waals surface area contributed by atoms with Crippen LogP contribution in [0.4, 0.5) is 0 Å². The molecule has 0 aliphatic carbocycles. The van der Waals surface area contributed by atoms with Crippen molar-refractivity contribution in [3.8, 4) is 40.3 Å². The van der Waals surface area contributed by atoms with E-state index in [1.165, 1.54) is 54.8 Å². The summed E-state index contributed by atoms with van der Waals surface area (Å²) in [5.41, 5.74) is 13.8. The van der Waals surface area contributed by atoms with E-state index in [9.17, 15) is 0 Å². The maximum atomic E-state index is 5.96. The average Bonchev–Trinajstić information content (AvgIpc) is 3.71. The zero-order valence-electron chi connectivity index (χ0n) is 28.3. The van der Waals surface area contributed by atoms with Crippen molar-refractivity contribution in [3.63, 3.8) is 0 Å². The highest BCUT2D eigenvalue weighted by atomic mass is 15.0. The minimum Gasteiger partial charge on any atom is -0.309 e. The molecule has 240 valence electrons. The molecule has 0 saturated heterocycles. The van der Waals surface area contributed by atoms with Gasteiger partial charge in [0.05, 0.1) is 27.8 Å². The molecule has 0 radical (unpaired) electrons. The fourth-order valence-electron chi connectivity index (χ4n) is 7.55. The normalized spacial score (nSPS) is 12.2. The number of aromatic nitrogens is 2. The molecular weight excluding hydrogens is 617 g/mol. The molecule has 2 aromatic heterocycles. The number of terminal acetylenes is 1. The predicted octanol–water partition coefficient (Wildman–Crippen LogP) is 12.8. The van der Waals surface area contributed by atoms with Crippen molar-refractivity contribution in [2.75, 3.05) is 0 Å². The second-order valence-corrected chi connectivity index (χ2v) is 13.0. The summed E-state index contributed by atoms with van der Waals surface area (Å²) in [5, 5.41) is 4.92. The van der Waals surface area contributed by atoms with Crippen LogP contribution in [0.2, 0.25) is 0 Å². The van der Waals surface area contributed by atoms with Gasteiger partial charge in [0.15, 0.2) is 0 Å². The number of rotatable bonds is 6. The molecule has 0 aliphatic heterocycles. The van der Waals surface area contributed by atoms with Crippen LogP contribution in [0.3, 0.4) is 0 Å². The molecule has 0 fully saturated rings. The lowest BCUT2D eigenvalue weighted by molar-refractivity contribution is 1.18. The molecule has 0 unspecified atom stereocenters. The molecule has 2 heteroatoms. The van der Waals surface area contributed by atoms with Crippen molar-refractivity contribution in [2.24, 2.45) is 0 Å². The first-order valence-corrected chi connectivity index (χ1v) is 17.3. The van der Waals surface area contributed by atoms with E-state index in [-0.39, 0.29) is 0 Å². The number of hydrogen-bond acceptors (Lipinski definition) is 0. The van der Waals surface area contributed by atoms with Gasteiger partial charge in [-0.25, -0.2) is 0 Å². The van der Waals surface area contributed by atoms with E-state index in [1.807, 2.05) is 12.1 Å². The Kier molecular flexibility index (Phi) is 7.46. The molecule has 7 aromatic carbocycles. The standard InChI is InChI=1S/C49H34N2/c1-3-13-41(32-34(2)35-22-24-37(25-23-35)36-14-5-4-6-15-36)51-48-21-12-9-18-44(48)45-33-39(28-31-49(45)51)38-26-29-40(30-27-38)50-46-19-10-7-16-42(46)43-17-8-11-20-47(43)50/h1,4-33H,2H3/b34-32+,41-13+. The van der Waals surface area contributed by atoms with Crippen LogP contribution in [0, 0.1) is 12.3 Å². The molecule has 0 aliphatic rings. The third-order valence-electron chi connectivity index (χ3n) is 10.0. The molecule has 9 aromatic rings. The number of para-hydroxylation sites is 3. The summed E-state index contributed by atoms with van der Waals surface area (Å²) in [7, 11) is 0. The monoisotopic (exact) mass is 650 g/mol. The number of nitrogens with zero attached hydrogens (tertiary/aromatic N) is 2. The molecule has 51 heavy (non-hydrogen) atoms. The van der Waals surface area contributed by atoms with Gasteiger partial charge in [-0.2, -0.15) is 0 Å². The Hall–Kier alpha value is -6.82. The maximum absolute atomic E-state index is 5.96. The van der Waals surface area contributed by atoms with Gasteiger partial charge in [0.2, 0.25) is 0 Å². The number of hydrogen-bond donors (Lipinski definition) is 0. The maximum Gasteiger partial charge on any atom is 0.0548 e. The van der Waals surface area contributed by atoms with E-state index in [1.54, 1.807) is 0 Å². The summed E-state index contributed by atoms with van der Waals surface area (Å²) in [6, 6.07) is 60.8. The van der Waals surface area contributed by atoms with Gasteiger partial charge in [-0.1, -0.05) is 133 Å². The van der Waals surface area contributed by atoms with Gasteiger partial charge in [0, 0.05) is 33.3 Å². The van der Waals surface area contributed by atoms with E-state index in [0.29, 0.717) is 0 Å². The van der Waals surface area contributed by atoms with Gasteiger partial charge in [0.25, 0.3) is 0 Å². The van der Waals surface area contributed by atoms with Crippen LogP contribution in [0.15, 0.2) is 182 Å². The first-order valence-electron chi connectivity index (χ1n) is 17.3.